The number of hydrogen-bond acceptors (Lipinski definition) is 5. The van der Waals surface area contributed by atoms with Crippen LogP contribution in [0.2, 0.25) is 0 Å². The quantitative estimate of drug-likeness (QED) is 0.806. The van der Waals surface area contributed by atoms with Gasteiger partial charge in [-0.15, -0.1) is 5.10 Å². The van der Waals surface area contributed by atoms with Gasteiger partial charge >= 0.3 is 0 Å². The van der Waals surface area contributed by atoms with Crippen molar-refractivity contribution in [3.8, 4) is 0 Å². The maximum Gasteiger partial charge on any atom is 0.248 e. The number of nitrogens with two attached hydrogens (primary N) is 1. The van der Waals surface area contributed by atoms with Gasteiger partial charge in [-0.3, -0.25) is 9.78 Å². The van der Waals surface area contributed by atoms with Crippen molar-refractivity contribution in [2.24, 2.45) is 5.73 Å². The lowest BCUT2D eigenvalue weighted by atomic mass is 10.3. The van der Waals surface area contributed by atoms with Gasteiger partial charge in [0.05, 0.1) is 11.9 Å². The molecule has 7 heteroatoms. The van der Waals surface area contributed by atoms with Crippen molar-refractivity contribution < 1.29 is 4.79 Å². The van der Waals surface area contributed by atoms with E-state index < -0.39 is 0 Å². The van der Waals surface area contributed by atoms with Gasteiger partial charge in [-0.05, 0) is 12.1 Å². The number of pyridine rings is 1. The molecule has 0 aliphatic rings. The van der Waals surface area contributed by atoms with Crippen molar-refractivity contribution in [1.29, 1.82) is 0 Å². The smallest absolute Gasteiger partial charge is 0.248 e. The Morgan fingerprint density at radius 3 is 2.78 bits per heavy atom. The Kier molecular flexibility index (Phi) is 3.63. The van der Waals surface area contributed by atoms with E-state index >= 15 is 0 Å². The molecule has 0 saturated heterocycles. The fourth-order valence-corrected chi connectivity index (χ4v) is 1.47. The molecule has 0 aliphatic heterocycles. The second-order valence-electron chi connectivity index (χ2n) is 3.77. The molecule has 2 heterocycles. The summed E-state index contributed by atoms with van der Waals surface area (Å²) in [7, 11) is 1.71. The highest BCUT2D eigenvalue weighted by atomic mass is 16.2. The van der Waals surface area contributed by atoms with Crippen LogP contribution in [0.4, 0.5) is 5.69 Å². The standard InChI is InChI=1S/C11H14N6O/c1-16(10-2-4-13-5-3-10)11(18)8-17-7-9(6-12)14-15-17/h2-5,7H,6,8,12H2,1H3. The molecule has 18 heavy (non-hydrogen) atoms. The van der Waals surface area contributed by atoms with Crippen molar-refractivity contribution in [1.82, 2.24) is 20.0 Å². The van der Waals surface area contributed by atoms with Crippen LogP contribution >= 0.6 is 0 Å². The lowest BCUT2D eigenvalue weighted by Crippen LogP contribution is -2.30. The van der Waals surface area contributed by atoms with Gasteiger partial charge in [0.25, 0.3) is 0 Å². The summed E-state index contributed by atoms with van der Waals surface area (Å²) < 4.78 is 1.47. The zero-order valence-electron chi connectivity index (χ0n) is 10.0. The Morgan fingerprint density at radius 1 is 1.44 bits per heavy atom. The Balaban J connectivity index is 2.04. The van der Waals surface area contributed by atoms with Gasteiger partial charge in [0, 0.05) is 31.7 Å². The van der Waals surface area contributed by atoms with Gasteiger partial charge in [-0.2, -0.15) is 0 Å². The van der Waals surface area contributed by atoms with Crippen LogP contribution in [0.5, 0.6) is 0 Å². The topological polar surface area (TPSA) is 89.9 Å². The van der Waals surface area contributed by atoms with Crippen LogP contribution < -0.4 is 10.6 Å². The van der Waals surface area contributed by atoms with Gasteiger partial charge in [0.15, 0.2) is 0 Å². The molecule has 0 aromatic carbocycles. The van der Waals surface area contributed by atoms with Crippen molar-refractivity contribution >= 4 is 11.6 Å². The van der Waals surface area contributed by atoms with E-state index in [1.54, 1.807) is 42.7 Å². The van der Waals surface area contributed by atoms with Crippen LogP contribution in [-0.4, -0.2) is 32.9 Å². The van der Waals surface area contributed by atoms with E-state index in [-0.39, 0.29) is 12.5 Å². The van der Waals surface area contributed by atoms with Crippen LogP contribution in [0.15, 0.2) is 30.7 Å². The number of aromatic nitrogens is 4. The molecule has 0 fully saturated rings. The number of rotatable bonds is 4. The number of likely N-dealkylation sites (N-methyl/N-ethyl adjacent to an activating group) is 1. The summed E-state index contributed by atoms with van der Waals surface area (Å²) >= 11 is 0. The number of carbonyl (C=O) groups is 1. The molecular formula is C11H14N6O. The van der Waals surface area contributed by atoms with Gasteiger partial charge in [0.1, 0.15) is 6.54 Å². The first-order valence-corrected chi connectivity index (χ1v) is 5.46. The summed E-state index contributed by atoms with van der Waals surface area (Å²) in [4.78, 5) is 17.4. The van der Waals surface area contributed by atoms with E-state index in [0.29, 0.717) is 12.2 Å². The van der Waals surface area contributed by atoms with E-state index in [0.717, 1.165) is 5.69 Å². The molecule has 94 valence electrons. The molecule has 0 unspecified atom stereocenters. The van der Waals surface area contributed by atoms with E-state index in [2.05, 4.69) is 15.3 Å². The maximum atomic E-state index is 12.0. The molecule has 7 nitrogen and oxygen atoms in total. The van der Waals surface area contributed by atoms with Gasteiger partial charge in [-0.1, -0.05) is 5.21 Å². The van der Waals surface area contributed by atoms with Crippen molar-refractivity contribution in [3.05, 3.63) is 36.4 Å². The minimum atomic E-state index is -0.0883. The zero-order chi connectivity index (χ0) is 13.0. The fourth-order valence-electron chi connectivity index (χ4n) is 1.47. The third-order valence-corrected chi connectivity index (χ3v) is 2.52. The van der Waals surface area contributed by atoms with Gasteiger partial charge in [0.2, 0.25) is 5.91 Å². The van der Waals surface area contributed by atoms with Gasteiger partial charge in [-0.25, -0.2) is 4.68 Å². The average Bonchev–Trinajstić information content (AvgIpc) is 2.86. The Labute approximate surface area is 104 Å². The average molecular weight is 246 g/mol. The molecule has 0 spiro atoms. The minimum absolute atomic E-state index is 0.0883. The molecule has 2 aromatic rings. The number of hydrogen-bond donors (Lipinski definition) is 1. The Morgan fingerprint density at radius 2 is 2.17 bits per heavy atom. The van der Waals surface area contributed by atoms with E-state index in [1.807, 2.05) is 0 Å². The Hall–Kier alpha value is -2.28. The normalized spacial score (nSPS) is 10.3. The lowest BCUT2D eigenvalue weighted by Gasteiger charge is -2.16. The largest absolute Gasteiger partial charge is 0.325 e. The predicted molar refractivity (Wildman–Crippen MR) is 65.6 cm³/mol. The first-order chi connectivity index (χ1) is 8.70. The number of anilines is 1. The van der Waals surface area contributed by atoms with E-state index in [4.69, 9.17) is 5.73 Å². The summed E-state index contributed by atoms with van der Waals surface area (Å²) in [6.07, 6.45) is 4.94. The highest BCUT2D eigenvalue weighted by molar-refractivity contribution is 5.92. The molecule has 2 aromatic heterocycles. The summed E-state index contributed by atoms with van der Waals surface area (Å²) in [5, 5.41) is 7.66. The molecule has 0 radical (unpaired) electrons. The summed E-state index contributed by atoms with van der Waals surface area (Å²) in [6.45, 7) is 0.445. The molecule has 0 aliphatic carbocycles. The lowest BCUT2D eigenvalue weighted by molar-refractivity contribution is -0.119. The molecule has 2 rings (SSSR count). The second-order valence-corrected chi connectivity index (χ2v) is 3.77. The van der Waals surface area contributed by atoms with Crippen LogP contribution in [0.25, 0.3) is 0 Å². The SMILES string of the molecule is CN(C(=O)Cn1cc(CN)nn1)c1ccncc1. The van der Waals surface area contributed by atoms with E-state index in [9.17, 15) is 4.79 Å². The molecular weight excluding hydrogens is 232 g/mol. The summed E-state index contributed by atoms with van der Waals surface area (Å²) in [5.74, 6) is -0.0883. The first kappa shape index (κ1) is 12.2. The van der Waals surface area contributed by atoms with Crippen molar-refractivity contribution in [3.63, 3.8) is 0 Å². The van der Waals surface area contributed by atoms with Crippen LogP contribution in [0.3, 0.4) is 0 Å². The predicted octanol–water partition coefficient (Wildman–Crippen LogP) is -0.205. The molecule has 0 bridgehead atoms. The number of nitrogens with zero attached hydrogens (tertiary/aromatic N) is 5. The fraction of sp³-hybridized carbons (Fsp3) is 0.273. The van der Waals surface area contributed by atoms with Crippen LogP contribution in [0, 0.1) is 0 Å². The number of amides is 1. The molecule has 2 N–H and O–H groups in total. The summed E-state index contributed by atoms with van der Waals surface area (Å²) in [5.41, 5.74) is 6.87. The van der Waals surface area contributed by atoms with Crippen LogP contribution in [0.1, 0.15) is 5.69 Å². The minimum Gasteiger partial charge on any atom is -0.325 e. The maximum absolute atomic E-state index is 12.0. The van der Waals surface area contributed by atoms with E-state index in [1.165, 1.54) is 4.68 Å². The molecule has 0 atom stereocenters. The first-order valence-electron chi connectivity index (χ1n) is 5.46. The monoisotopic (exact) mass is 246 g/mol. The highest BCUT2D eigenvalue weighted by Crippen LogP contribution is 2.10. The summed E-state index contributed by atoms with van der Waals surface area (Å²) in [6, 6.07) is 3.54. The van der Waals surface area contributed by atoms with Gasteiger partial charge < -0.3 is 10.6 Å². The Bertz CT molecular complexity index is 523. The number of carbonyl (C=O) groups excluding carboxylic acids is 1. The highest BCUT2D eigenvalue weighted by Gasteiger charge is 2.12. The third kappa shape index (κ3) is 2.69. The van der Waals surface area contributed by atoms with Crippen molar-refractivity contribution in [2.45, 2.75) is 13.1 Å². The van der Waals surface area contributed by atoms with Crippen molar-refractivity contribution in [2.75, 3.05) is 11.9 Å². The van der Waals surface area contributed by atoms with Crippen LogP contribution in [-0.2, 0) is 17.9 Å². The molecule has 1 amide bonds. The second kappa shape index (κ2) is 5.37. The third-order valence-electron chi connectivity index (χ3n) is 2.52. The molecule has 0 saturated carbocycles. The zero-order valence-corrected chi connectivity index (χ0v) is 10.0.